The molecule has 0 aromatic heterocycles. The Hall–Kier alpha value is -2.41. The maximum Gasteiger partial charge on any atom is 0.334 e. The fourth-order valence-electron chi connectivity index (χ4n) is 2.38. The normalized spacial score (nSPS) is 16.1. The summed E-state index contributed by atoms with van der Waals surface area (Å²) < 4.78 is 0. The van der Waals surface area contributed by atoms with Gasteiger partial charge in [0.15, 0.2) is 0 Å². The number of urea groups is 1. The maximum atomic E-state index is 12.1. The van der Waals surface area contributed by atoms with Gasteiger partial charge in [-0.2, -0.15) is 0 Å². The molecule has 1 atom stereocenters. The number of carbonyl (C=O) groups is 4. The van der Waals surface area contributed by atoms with E-state index in [1.165, 1.54) is 0 Å². The lowest BCUT2D eigenvalue weighted by Gasteiger charge is -2.19. The van der Waals surface area contributed by atoms with E-state index in [0.29, 0.717) is 9.92 Å². The van der Waals surface area contributed by atoms with Gasteiger partial charge < -0.3 is 5.32 Å². The van der Waals surface area contributed by atoms with Crippen molar-refractivity contribution < 1.29 is 19.2 Å². The second-order valence-electron chi connectivity index (χ2n) is 5.78. The lowest BCUT2D eigenvalue weighted by atomic mass is 10.1. The molecule has 1 aliphatic rings. The van der Waals surface area contributed by atoms with E-state index in [1.54, 1.807) is 45.0 Å². The van der Waals surface area contributed by atoms with Crippen molar-refractivity contribution in [2.75, 3.05) is 6.54 Å². The van der Waals surface area contributed by atoms with Gasteiger partial charge in [0.05, 0.1) is 6.04 Å². The van der Waals surface area contributed by atoms with Crippen LogP contribution in [-0.2, 0) is 14.4 Å². The largest absolute Gasteiger partial charge is 0.348 e. The molecule has 1 aromatic carbocycles. The van der Waals surface area contributed by atoms with Crippen molar-refractivity contribution in [1.29, 1.82) is 0 Å². The molecular formula is C16H18ClN3O4. The predicted molar refractivity (Wildman–Crippen MR) is 87.1 cm³/mol. The number of imide groups is 2. The van der Waals surface area contributed by atoms with E-state index in [4.69, 9.17) is 11.6 Å². The van der Waals surface area contributed by atoms with Crippen LogP contribution >= 0.6 is 11.6 Å². The summed E-state index contributed by atoms with van der Waals surface area (Å²) in [6, 6.07) is 5.38. The standard InChI is InChI=1S/C16H18ClN3O4/c1-9(2)20-15(23)14(22)19(16(20)24)8-13(21)18-10(3)11-4-6-12(17)7-5-11/h4-7,9-10H,8H2,1-3H3,(H,18,21)/t10-/m1/s1. The van der Waals surface area contributed by atoms with Crippen LogP contribution in [0.3, 0.4) is 0 Å². The number of rotatable bonds is 5. The molecule has 0 aliphatic carbocycles. The highest BCUT2D eigenvalue weighted by Crippen LogP contribution is 2.17. The SMILES string of the molecule is CC(C)N1C(=O)C(=O)N(CC(=O)N[C@H](C)c2ccc(Cl)cc2)C1=O. The van der Waals surface area contributed by atoms with E-state index in [1.807, 2.05) is 0 Å². The Morgan fingerprint density at radius 3 is 2.17 bits per heavy atom. The molecule has 1 N–H and O–H groups in total. The van der Waals surface area contributed by atoms with Gasteiger partial charge in [-0.15, -0.1) is 0 Å². The molecule has 2 rings (SSSR count). The van der Waals surface area contributed by atoms with E-state index < -0.39 is 36.3 Å². The van der Waals surface area contributed by atoms with Crippen molar-refractivity contribution >= 4 is 35.4 Å². The van der Waals surface area contributed by atoms with E-state index in [2.05, 4.69) is 5.32 Å². The first kappa shape index (κ1) is 17.9. The second-order valence-corrected chi connectivity index (χ2v) is 6.22. The van der Waals surface area contributed by atoms with Crippen LogP contribution < -0.4 is 5.32 Å². The van der Waals surface area contributed by atoms with Gasteiger partial charge in [0, 0.05) is 11.1 Å². The number of hydrogen-bond donors (Lipinski definition) is 1. The summed E-state index contributed by atoms with van der Waals surface area (Å²) in [5.41, 5.74) is 0.826. The van der Waals surface area contributed by atoms with Crippen LogP contribution in [0.4, 0.5) is 4.79 Å². The van der Waals surface area contributed by atoms with Gasteiger partial charge in [-0.05, 0) is 38.5 Å². The summed E-state index contributed by atoms with van der Waals surface area (Å²) in [6.45, 7) is 4.51. The maximum absolute atomic E-state index is 12.1. The predicted octanol–water partition coefficient (Wildman–Crippen LogP) is 1.72. The van der Waals surface area contributed by atoms with E-state index in [9.17, 15) is 19.2 Å². The monoisotopic (exact) mass is 351 g/mol. The summed E-state index contributed by atoms with van der Waals surface area (Å²) in [7, 11) is 0. The number of halogens is 1. The highest BCUT2D eigenvalue weighted by molar-refractivity contribution is 6.45. The minimum Gasteiger partial charge on any atom is -0.348 e. The molecule has 128 valence electrons. The first-order chi connectivity index (χ1) is 11.2. The van der Waals surface area contributed by atoms with E-state index >= 15 is 0 Å². The number of amides is 5. The molecule has 1 heterocycles. The number of carbonyl (C=O) groups excluding carboxylic acids is 4. The van der Waals surface area contributed by atoms with Crippen LogP contribution in [0.15, 0.2) is 24.3 Å². The van der Waals surface area contributed by atoms with Crippen molar-refractivity contribution in [3.63, 3.8) is 0 Å². The quantitative estimate of drug-likeness (QED) is 0.646. The van der Waals surface area contributed by atoms with E-state index in [-0.39, 0.29) is 6.04 Å². The minimum atomic E-state index is -0.983. The average molecular weight is 352 g/mol. The zero-order valence-electron chi connectivity index (χ0n) is 13.6. The third kappa shape index (κ3) is 3.56. The van der Waals surface area contributed by atoms with Gasteiger partial charge in [-0.1, -0.05) is 23.7 Å². The van der Waals surface area contributed by atoms with Crippen LogP contribution in [0.5, 0.6) is 0 Å². The van der Waals surface area contributed by atoms with Crippen molar-refractivity contribution in [1.82, 2.24) is 15.1 Å². The molecule has 8 heteroatoms. The van der Waals surface area contributed by atoms with Gasteiger partial charge in [-0.3, -0.25) is 19.3 Å². The smallest absolute Gasteiger partial charge is 0.334 e. The molecule has 5 amide bonds. The number of hydrogen-bond acceptors (Lipinski definition) is 4. The molecule has 1 fully saturated rings. The van der Waals surface area contributed by atoms with Crippen LogP contribution in [0, 0.1) is 0 Å². The van der Waals surface area contributed by atoms with Crippen molar-refractivity contribution in [3.05, 3.63) is 34.9 Å². The Balaban J connectivity index is 2.02. The topological polar surface area (TPSA) is 86.8 Å². The third-order valence-corrected chi connectivity index (χ3v) is 3.90. The Morgan fingerprint density at radius 2 is 1.67 bits per heavy atom. The lowest BCUT2D eigenvalue weighted by molar-refractivity contribution is -0.144. The number of nitrogens with one attached hydrogen (secondary N) is 1. The van der Waals surface area contributed by atoms with Gasteiger partial charge in [0.2, 0.25) is 5.91 Å². The first-order valence-corrected chi connectivity index (χ1v) is 7.84. The fraction of sp³-hybridized carbons (Fsp3) is 0.375. The van der Waals surface area contributed by atoms with Crippen LogP contribution in [-0.4, -0.2) is 46.1 Å². The molecule has 0 spiro atoms. The first-order valence-electron chi connectivity index (χ1n) is 7.46. The van der Waals surface area contributed by atoms with Gasteiger partial charge in [0.25, 0.3) is 0 Å². The summed E-state index contributed by atoms with van der Waals surface area (Å²) in [6.07, 6.45) is 0. The highest BCUT2D eigenvalue weighted by Gasteiger charge is 2.46. The fourth-order valence-corrected chi connectivity index (χ4v) is 2.51. The Kier molecular flexibility index (Phi) is 5.23. The van der Waals surface area contributed by atoms with Gasteiger partial charge in [0.1, 0.15) is 6.54 Å². The van der Waals surface area contributed by atoms with Crippen LogP contribution in [0.25, 0.3) is 0 Å². The zero-order valence-corrected chi connectivity index (χ0v) is 14.3. The van der Waals surface area contributed by atoms with Crippen molar-refractivity contribution in [2.45, 2.75) is 32.9 Å². The van der Waals surface area contributed by atoms with Crippen LogP contribution in [0.2, 0.25) is 5.02 Å². The summed E-state index contributed by atoms with van der Waals surface area (Å²) >= 11 is 5.81. The Morgan fingerprint density at radius 1 is 1.08 bits per heavy atom. The molecule has 1 saturated heterocycles. The Labute approximate surface area is 144 Å². The molecule has 0 bridgehead atoms. The van der Waals surface area contributed by atoms with Gasteiger partial charge in [-0.25, -0.2) is 9.69 Å². The number of nitrogens with zero attached hydrogens (tertiary/aromatic N) is 2. The summed E-state index contributed by atoms with van der Waals surface area (Å²) in [5, 5.41) is 3.27. The Bertz CT molecular complexity index is 687. The second kappa shape index (κ2) is 7.00. The molecule has 0 unspecified atom stereocenters. The molecule has 0 radical (unpaired) electrons. The molecule has 1 aliphatic heterocycles. The minimum absolute atomic E-state index is 0.334. The molecule has 24 heavy (non-hydrogen) atoms. The summed E-state index contributed by atoms with van der Waals surface area (Å²) in [5.74, 6) is -2.42. The van der Waals surface area contributed by atoms with Crippen molar-refractivity contribution in [3.8, 4) is 0 Å². The van der Waals surface area contributed by atoms with Crippen molar-refractivity contribution in [2.24, 2.45) is 0 Å². The van der Waals surface area contributed by atoms with E-state index in [0.717, 1.165) is 10.5 Å². The number of benzene rings is 1. The molecular weight excluding hydrogens is 334 g/mol. The molecule has 0 saturated carbocycles. The van der Waals surface area contributed by atoms with Gasteiger partial charge >= 0.3 is 17.8 Å². The molecule has 1 aromatic rings. The lowest BCUT2D eigenvalue weighted by Crippen LogP contribution is -2.43. The zero-order chi connectivity index (χ0) is 18.0. The third-order valence-electron chi connectivity index (χ3n) is 3.65. The van der Waals surface area contributed by atoms with Crippen LogP contribution in [0.1, 0.15) is 32.4 Å². The summed E-state index contributed by atoms with van der Waals surface area (Å²) in [4.78, 5) is 49.4. The molecule has 7 nitrogen and oxygen atoms in total. The highest BCUT2D eigenvalue weighted by atomic mass is 35.5. The average Bonchev–Trinajstić information content (AvgIpc) is 2.71.